The van der Waals surface area contributed by atoms with Crippen molar-refractivity contribution in [1.82, 2.24) is 0 Å². The van der Waals surface area contributed by atoms with E-state index < -0.39 is 0 Å². The van der Waals surface area contributed by atoms with E-state index in [2.05, 4.69) is 6.92 Å². The molecule has 2 nitrogen and oxygen atoms in total. The number of carbonyl (C=O) groups is 1. The van der Waals surface area contributed by atoms with Crippen LogP contribution in [-0.4, -0.2) is 14.8 Å². The molecule has 2 fully saturated rings. The Morgan fingerprint density at radius 2 is 1.64 bits per heavy atom. The molecule has 1 aromatic carbocycles. The summed E-state index contributed by atoms with van der Waals surface area (Å²) < 4.78 is 5.54. The predicted molar refractivity (Wildman–Crippen MR) is 107 cm³/mol. The molecule has 0 aromatic heterocycles. The number of ether oxygens (including phenoxy) is 1. The van der Waals surface area contributed by atoms with Crippen LogP contribution in [0.2, 0.25) is 23.2 Å². The second-order valence-corrected chi connectivity index (χ2v) is 12.0. The molecule has 4 heteroatoms. The van der Waals surface area contributed by atoms with Crippen molar-refractivity contribution in [3.05, 3.63) is 29.3 Å². The fraction of sp³-hybridized carbons (Fsp3) is 0.667. The summed E-state index contributed by atoms with van der Waals surface area (Å²) in [6.45, 7) is 2.34. The van der Waals surface area contributed by atoms with Gasteiger partial charge in [-0.05, 0) is 61.8 Å². The summed E-state index contributed by atoms with van der Waals surface area (Å²) in [7, 11) is -0.375. The molecule has 2 aliphatic rings. The molecule has 0 bridgehead atoms. The zero-order valence-corrected chi connectivity index (χ0v) is 17.3. The van der Waals surface area contributed by atoms with Crippen LogP contribution in [0.15, 0.2) is 24.3 Å². The van der Waals surface area contributed by atoms with E-state index in [1.54, 1.807) is 42.4 Å². The van der Waals surface area contributed by atoms with Gasteiger partial charge in [0.2, 0.25) is 0 Å². The van der Waals surface area contributed by atoms with Crippen LogP contribution in [0.25, 0.3) is 0 Å². The Kier molecular flexibility index (Phi) is 7.00. The molecule has 0 N–H and O–H groups in total. The minimum Gasteiger partial charge on any atom is -0.426 e. The second kappa shape index (κ2) is 9.23. The van der Waals surface area contributed by atoms with E-state index in [0.29, 0.717) is 10.8 Å². The third-order valence-corrected chi connectivity index (χ3v) is 10.3. The van der Waals surface area contributed by atoms with Crippen molar-refractivity contribution < 1.29 is 9.53 Å². The summed E-state index contributed by atoms with van der Waals surface area (Å²) in [6, 6.07) is 11.7. The fourth-order valence-corrected chi connectivity index (χ4v) is 8.49. The highest BCUT2D eigenvalue weighted by molar-refractivity contribution is 6.58. The molecule has 1 saturated carbocycles. The molecule has 0 atom stereocenters. The van der Waals surface area contributed by atoms with E-state index in [1.807, 2.05) is 0 Å². The van der Waals surface area contributed by atoms with E-state index in [0.717, 1.165) is 24.7 Å². The molecule has 1 saturated heterocycles. The molecule has 1 aromatic rings. The van der Waals surface area contributed by atoms with Gasteiger partial charge >= 0.3 is 5.97 Å². The third-order valence-electron chi connectivity index (χ3n) is 6.39. The molecule has 25 heavy (non-hydrogen) atoms. The fourth-order valence-electron chi connectivity index (χ4n) is 4.88. The van der Waals surface area contributed by atoms with E-state index in [4.69, 9.17) is 16.3 Å². The third kappa shape index (κ3) is 5.34. The molecule has 0 spiro atoms. The maximum atomic E-state index is 12.4. The van der Waals surface area contributed by atoms with Crippen LogP contribution in [0.1, 0.15) is 51.9 Å². The van der Waals surface area contributed by atoms with E-state index in [9.17, 15) is 4.79 Å². The van der Waals surface area contributed by atoms with Gasteiger partial charge in [0.25, 0.3) is 0 Å². The summed E-state index contributed by atoms with van der Waals surface area (Å²) in [6.07, 6.45) is 8.77. The zero-order chi connectivity index (χ0) is 17.6. The SMILES string of the molecule is CCC[SiH]1CCC(C2CCC(C(=O)Oc3ccc(Cl)cc3)CC2)CC1. The van der Waals surface area contributed by atoms with Gasteiger partial charge in [0.1, 0.15) is 5.75 Å². The lowest BCUT2D eigenvalue weighted by atomic mass is 9.74. The van der Waals surface area contributed by atoms with Crippen molar-refractivity contribution in [3.8, 4) is 5.75 Å². The first-order valence-electron chi connectivity index (χ1n) is 10.1. The molecule has 3 rings (SSSR count). The van der Waals surface area contributed by atoms with Crippen LogP contribution in [0.3, 0.4) is 0 Å². The molecule has 1 aliphatic carbocycles. The van der Waals surface area contributed by atoms with Gasteiger partial charge < -0.3 is 4.74 Å². The van der Waals surface area contributed by atoms with Crippen LogP contribution in [0.5, 0.6) is 5.75 Å². The Morgan fingerprint density at radius 1 is 1.04 bits per heavy atom. The van der Waals surface area contributed by atoms with Crippen LogP contribution < -0.4 is 4.74 Å². The maximum Gasteiger partial charge on any atom is 0.314 e. The van der Waals surface area contributed by atoms with E-state index >= 15 is 0 Å². The molecule has 1 aliphatic heterocycles. The van der Waals surface area contributed by atoms with Gasteiger partial charge in [-0.15, -0.1) is 0 Å². The molecule has 138 valence electrons. The highest BCUT2D eigenvalue weighted by atomic mass is 35.5. The Bertz CT molecular complexity index is 544. The zero-order valence-electron chi connectivity index (χ0n) is 15.4. The lowest BCUT2D eigenvalue weighted by Gasteiger charge is -2.37. The van der Waals surface area contributed by atoms with Gasteiger partial charge in [-0.25, -0.2) is 0 Å². The van der Waals surface area contributed by atoms with Gasteiger partial charge in [0.15, 0.2) is 0 Å². The van der Waals surface area contributed by atoms with Gasteiger partial charge in [-0.3, -0.25) is 4.79 Å². The van der Waals surface area contributed by atoms with Crippen LogP contribution in [-0.2, 0) is 4.79 Å². The summed E-state index contributed by atoms with van der Waals surface area (Å²) in [5, 5.41) is 0.664. The molecule has 0 unspecified atom stereocenters. The Labute approximate surface area is 158 Å². The number of benzene rings is 1. The minimum atomic E-state index is -0.375. The highest BCUT2D eigenvalue weighted by Gasteiger charge is 2.33. The number of hydrogen-bond acceptors (Lipinski definition) is 2. The Balaban J connectivity index is 1.42. The first-order valence-corrected chi connectivity index (χ1v) is 13.0. The van der Waals surface area contributed by atoms with Crippen LogP contribution in [0.4, 0.5) is 0 Å². The molecule has 1 heterocycles. The average Bonchev–Trinajstić information content (AvgIpc) is 2.65. The summed E-state index contributed by atoms with van der Waals surface area (Å²) in [5.41, 5.74) is 0. The van der Waals surface area contributed by atoms with Crippen molar-refractivity contribution in [3.63, 3.8) is 0 Å². The van der Waals surface area contributed by atoms with E-state index in [1.165, 1.54) is 32.1 Å². The number of hydrogen-bond donors (Lipinski definition) is 0. The lowest BCUT2D eigenvalue weighted by molar-refractivity contribution is -0.140. The summed E-state index contributed by atoms with van der Waals surface area (Å²) >= 11 is 5.88. The predicted octanol–water partition coefficient (Wildman–Crippen LogP) is 6.10. The monoisotopic (exact) mass is 378 g/mol. The topological polar surface area (TPSA) is 26.3 Å². The van der Waals surface area contributed by atoms with Crippen molar-refractivity contribution in [1.29, 1.82) is 0 Å². The molecule has 0 amide bonds. The highest BCUT2D eigenvalue weighted by Crippen LogP contribution is 2.41. The van der Waals surface area contributed by atoms with Crippen molar-refractivity contribution in [2.75, 3.05) is 0 Å². The van der Waals surface area contributed by atoms with Crippen LogP contribution in [0, 0.1) is 17.8 Å². The van der Waals surface area contributed by atoms with Gasteiger partial charge in [-0.2, -0.15) is 0 Å². The maximum absolute atomic E-state index is 12.4. The molecular weight excluding hydrogens is 348 g/mol. The molecular formula is C21H31ClO2Si. The number of rotatable bonds is 5. The molecule has 0 radical (unpaired) electrons. The first-order chi connectivity index (χ1) is 12.2. The summed E-state index contributed by atoms with van der Waals surface area (Å²) in [4.78, 5) is 12.4. The Morgan fingerprint density at radius 3 is 2.24 bits per heavy atom. The minimum absolute atomic E-state index is 0.0557. The van der Waals surface area contributed by atoms with Gasteiger partial charge in [-0.1, -0.05) is 55.9 Å². The van der Waals surface area contributed by atoms with Crippen molar-refractivity contribution >= 4 is 26.4 Å². The summed E-state index contributed by atoms with van der Waals surface area (Å²) in [5.74, 6) is 2.43. The lowest BCUT2D eigenvalue weighted by Crippen LogP contribution is -2.31. The number of carbonyl (C=O) groups excluding carboxylic acids is 1. The van der Waals surface area contributed by atoms with Gasteiger partial charge in [0.05, 0.1) is 5.92 Å². The van der Waals surface area contributed by atoms with Crippen molar-refractivity contribution in [2.45, 2.75) is 70.0 Å². The van der Waals surface area contributed by atoms with Crippen LogP contribution >= 0.6 is 11.6 Å². The average molecular weight is 379 g/mol. The smallest absolute Gasteiger partial charge is 0.314 e. The van der Waals surface area contributed by atoms with Gasteiger partial charge in [0, 0.05) is 13.8 Å². The normalized spacial score (nSPS) is 30.0. The first kappa shape index (κ1) is 19.0. The largest absolute Gasteiger partial charge is 0.426 e. The standard InChI is InChI=1S/C21H31ClO2Si/c1-2-13-25-14-11-17(12-15-25)16-3-5-18(6-4-16)21(23)24-20-9-7-19(22)8-10-20/h7-10,16-18,25H,2-6,11-15H2,1H3. The van der Waals surface area contributed by atoms with Crippen molar-refractivity contribution in [2.24, 2.45) is 17.8 Å². The second-order valence-electron chi connectivity index (χ2n) is 8.06. The van der Waals surface area contributed by atoms with E-state index in [-0.39, 0.29) is 20.7 Å². The number of halogens is 1. The number of esters is 1. The quantitative estimate of drug-likeness (QED) is 0.351. The Hall–Kier alpha value is -0.803.